The molecule has 1 aromatic carbocycles. The molecule has 1 aliphatic heterocycles. The lowest BCUT2D eigenvalue weighted by atomic mass is 10.2. The third-order valence-corrected chi connectivity index (χ3v) is 3.35. The molecule has 1 fully saturated rings. The fraction of sp³-hybridized carbons (Fsp3) is 0.400. The highest BCUT2D eigenvalue weighted by atomic mass is 19.2. The third-order valence-electron chi connectivity index (χ3n) is 3.35. The number of amides is 2. The van der Waals surface area contributed by atoms with Crippen LogP contribution in [0.1, 0.15) is 31.2 Å². The maximum atomic E-state index is 13.0. The summed E-state index contributed by atoms with van der Waals surface area (Å²) in [6, 6.07) is 3.30. The molecule has 5 nitrogen and oxygen atoms in total. The molecule has 0 aromatic heterocycles. The molecule has 2 rings (SSSR count). The van der Waals surface area contributed by atoms with Crippen LogP contribution in [0.5, 0.6) is 0 Å². The lowest BCUT2D eigenvalue weighted by molar-refractivity contribution is -0.135. The van der Waals surface area contributed by atoms with Gasteiger partial charge in [0.1, 0.15) is 6.54 Å². The molecule has 1 N–H and O–H groups in total. The number of nitrogens with one attached hydrogen (secondary N) is 1. The second kappa shape index (κ2) is 7.63. The average molecular weight is 309 g/mol. The van der Waals surface area contributed by atoms with E-state index in [-0.39, 0.29) is 12.5 Å². The minimum absolute atomic E-state index is 0.0303. The van der Waals surface area contributed by atoms with E-state index in [4.69, 9.17) is 0 Å². The van der Waals surface area contributed by atoms with Crippen LogP contribution in [0.3, 0.4) is 0 Å². The number of halogens is 2. The van der Waals surface area contributed by atoms with E-state index in [0.29, 0.717) is 18.5 Å². The second-order valence-electron chi connectivity index (χ2n) is 5.09. The quantitative estimate of drug-likeness (QED) is 0.681. The second-order valence-corrected chi connectivity index (χ2v) is 5.09. The van der Waals surface area contributed by atoms with Crippen LogP contribution in [-0.2, 0) is 9.59 Å². The normalized spacial score (nSPS) is 15.9. The molecule has 0 radical (unpaired) electrons. The van der Waals surface area contributed by atoms with Crippen molar-refractivity contribution < 1.29 is 18.4 Å². The van der Waals surface area contributed by atoms with E-state index >= 15 is 0 Å². The summed E-state index contributed by atoms with van der Waals surface area (Å²) >= 11 is 0. The molecule has 1 aromatic rings. The van der Waals surface area contributed by atoms with Crippen molar-refractivity contribution in [2.75, 3.05) is 13.1 Å². The number of hydrazone groups is 1. The molecule has 7 heteroatoms. The number of hydrogen-bond donors (Lipinski definition) is 1. The summed E-state index contributed by atoms with van der Waals surface area (Å²) in [6.07, 6.45) is 4.40. The smallest absolute Gasteiger partial charge is 0.259 e. The van der Waals surface area contributed by atoms with Crippen molar-refractivity contribution in [1.29, 1.82) is 0 Å². The number of hydrogen-bond acceptors (Lipinski definition) is 3. The average Bonchev–Trinajstić information content (AvgIpc) is 2.68. The van der Waals surface area contributed by atoms with Gasteiger partial charge in [-0.2, -0.15) is 5.10 Å². The van der Waals surface area contributed by atoms with Crippen molar-refractivity contribution in [2.24, 2.45) is 5.10 Å². The molecule has 0 spiro atoms. The molecule has 0 aliphatic carbocycles. The summed E-state index contributed by atoms with van der Waals surface area (Å²) in [6.45, 7) is 0.521. The van der Waals surface area contributed by atoms with Gasteiger partial charge in [-0.3, -0.25) is 9.59 Å². The highest BCUT2D eigenvalue weighted by molar-refractivity contribution is 5.86. The van der Waals surface area contributed by atoms with Crippen LogP contribution in [-0.4, -0.2) is 36.0 Å². The molecule has 1 aliphatic rings. The van der Waals surface area contributed by atoms with E-state index < -0.39 is 17.5 Å². The van der Waals surface area contributed by atoms with Crippen LogP contribution >= 0.6 is 0 Å². The van der Waals surface area contributed by atoms with Gasteiger partial charge in [0.25, 0.3) is 5.91 Å². The molecule has 118 valence electrons. The van der Waals surface area contributed by atoms with Crippen molar-refractivity contribution in [2.45, 2.75) is 25.7 Å². The number of carbonyl (C=O) groups is 2. The standard InChI is InChI=1S/C15H17F2N3O2/c16-12-6-5-11(8-13(12)17)9-18-19-14(21)10-20-7-3-1-2-4-15(20)22/h5-6,8-9H,1-4,7,10H2,(H,19,21)/b18-9-. The topological polar surface area (TPSA) is 61.8 Å². The van der Waals surface area contributed by atoms with E-state index in [1.807, 2.05) is 0 Å². The number of carbonyl (C=O) groups excluding carboxylic acids is 2. The number of rotatable bonds is 4. The number of benzene rings is 1. The lowest BCUT2D eigenvalue weighted by Gasteiger charge is -2.18. The van der Waals surface area contributed by atoms with Crippen molar-refractivity contribution in [3.63, 3.8) is 0 Å². The van der Waals surface area contributed by atoms with Crippen LogP contribution in [0.25, 0.3) is 0 Å². The molecule has 1 heterocycles. The molecular formula is C15H17F2N3O2. The summed E-state index contributed by atoms with van der Waals surface area (Å²) in [7, 11) is 0. The number of nitrogens with zero attached hydrogens (tertiary/aromatic N) is 2. The molecule has 2 amide bonds. The van der Waals surface area contributed by atoms with Gasteiger partial charge in [0.05, 0.1) is 6.21 Å². The van der Waals surface area contributed by atoms with Crippen LogP contribution in [0.2, 0.25) is 0 Å². The highest BCUT2D eigenvalue weighted by Gasteiger charge is 2.18. The van der Waals surface area contributed by atoms with E-state index in [0.717, 1.165) is 31.4 Å². The van der Waals surface area contributed by atoms with Crippen LogP contribution < -0.4 is 5.43 Å². The Labute approximate surface area is 127 Å². The van der Waals surface area contributed by atoms with Crippen LogP contribution in [0, 0.1) is 11.6 Å². The predicted molar refractivity (Wildman–Crippen MR) is 77.1 cm³/mol. The largest absolute Gasteiger partial charge is 0.333 e. The summed E-state index contributed by atoms with van der Waals surface area (Å²) in [5.41, 5.74) is 2.60. The van der Waals surface area contributed by atoms with E-state index in [1.165, 1.54) is 17.2 Å². The first-order valence-electron chi connectivity index (χ1n) is 7.11. The lowest BCUT2D eigenvalue weighted by Crippen LogP contribution is -2.39. The van der Waals surface area contributed by atoms with Crippen molar-refractivity contribution >= 4 is 18.0 Å². The van der Waals surface area contributed by atoms with Crippen molar-refractivity contribution in [3.05, 3.63) is 35.4 Å². The monoisotopic (exact) mass is 309 g/mol. The van der Waals surface area contributed by atoms with Gasteiger partial charge in [0, 0.05) is 13.0 Å². The van der Waals surface area contributed by atoms with Crippen LogP contribution in [0.4, 0.5) is 8.78 Å². The SMILES string of the molecule is O=C(CN1CCCCCC1=O)N/N=C\c1ccc(F)c(F)c1. The molecule has 0 bridgehead atoms. The molecular weight excluding hydrogens is 292 g/mol. The minimum Gasteiger partial charge on any atom is -0.333 e. The zero-order valence-electron chi connectivity index (χ0n) is 12.0. The Morgan fingerprint density at radius 2 is 2.09 bits per heavy atom. The zero-order chi connectivity index (χ0) is 15.9. The Balaban J connectivity index is 1.85. The fourth-order valence-electron chi connectivity index (χ4n) is 2.19. The highest BCUT2D eigenvalue weighted by Crippen LogP contribution is 2.10. The third kappa shape index (κ3) is 4.61. The Morgan fingerprint density at radius 1 is 1.27 bits per heavy atom. The van der Waals surface area contributed by atoms with Crippen molar-refractivity contribution in [1.82, 2.24) is 10.3 Å². The number of likely N-dealkylation sites (tertiary alicyclic amines) is 1. The van der Waals surface area contributed by atoms with Crippen LogP contribution in [0.15, 0.2) is 23.3 Å². The Hall–Kier alpha value is -2.31. The Morgan fingerprint density at radius 3 is 2.86 bits per heavy atom. The summed E-state index contributed by atoms with van der Waals surface area (Å²) in [5, 5.41) is 3.67. The van der Waals surface area contributed by atoms with Gasteiger partial charge in [0.15, 0.2) is 11.6 Å². The Kier molecular flexibility index (Phi) is 5.57. The van der Waals surface area contributed by atoms with Gasteiger partial charge in [-0.25, -0.2) is 14.2 Å². The van der Waals surface area contributed by atoms with Gasteiger partial charge < -0.3 is 4.90 Å². The van der Waals surface area contributed by atoms with Crippen molar-refractivity contribution in [3.8, 4) is 0 Å². The van der Waals surface area contributed by atoms with Gasteiger partial charge in [-0.1, -0.05) is 12.5 Å². The maximum absolute atomic E-state index is 13.0. The van der Waals surface area contributed by atoms with E-state index in [2.05, 4.69) is 10.5 Å². The first-order chi connectivity index (χ1) is 10.6. The van der Waals surface area contributed by atoms with E-state index in [9.17, 15) is 18.4 Å². The summed E-state index contributed by atoms with van der Waals surface area (Å²) in [5.74, 6) is -2.38. The minimum atomic E-state index is -0.981. The molecule has 0 saturated carbocycles. The predicted octanol–water partition coefficient (Wildman–Crippen LogP) is 1.82. The summed E-state index contributed by atoms with van der Waals surface area (Å²) < 4.78 is 25.7. The first-order valence-corrected chi connectivity index (χ1v) is 7.11. The maximum Gasteiger partial charge on any atom is 0.259 e. The molecule has 0 unspecified atom stereocenters. The molecule has 1 saturated heterocycles. The van der Waals surface area contributed by atoms with E-state index in [1.54, 1.807) is 0 Å². The van der Waals surface area contributed by atoms with Gasteiger partial charge >= 0.3 is 0 Å². The molecule has 0 atom stereocenters. The first kappa shape index (κ1) is 16.1. The summed E-state index contributed by atoms with van der Waals surface area (Å²) in [4.78, 5) is 25.0. The van der Waals surface area contributed by atoms with Gasteiger partial charge in [-0.15, -0.1) is 0 Å². The fourth-order valence-corrected chi connectivity index (χ4v) is 2.19. The van der Waals surface area contributed by atoms with Gasteiger partial charge in [0.2, 0.25) is 5.91 Å². The zero-order valence-corrected chi connectivity index (χ0v) is 12.0. The molecule has 22 heavy (non-hydrogen) atoms. The Bertz CT molecular complexity index is 590. The van der Waals surface area contributed by atoms with Gasteiger partial charge in [-0.05, 0) is 30.5 Å².